The van der Waals surface area contributed by atoms with Gasteiger partial charge in [0.1, 0.15) is 5.60 Å². The van der Waals surface area contributed by atoms with E-state index >= 15 is 0 Å². The van der Waals surface area contributed by atoms with Gasteiger partial charge >= 0.3 is 11.9 Å². The number of esters is 2. The topological polar surface area (TPSA) is 99.3 Å². The molecule has 0 unspecified atom stereocenters. The van der Waals surface area contributed by atoms with E-state index in [0.29, 0.717) is 6.42 Å². The van der Waals surface area contributed by atoms with Crippen LogP contribution in [0.5, 0.6) is 0 Å². The number of rotatable bonds is 6. The maximum Gasteiger partial charge on any atom is 0.306 e. The largest absolute Gasteiger partial charge is 0.457 e. The summed E-state index contributed by atoms with van der Waals surface area (Å²) in [5, 5.41) is 0. The molecular weight excluding hydrogens is 448 g/mol. The number of hydrogen-bond donors (Lipinski definition) is 0. The first-order chi connectivity index (χ1) is 16.5. The third-order valence-electron chi connectivity index (χ3n) is 10.1. The molecule has 0 bridgehead atoms. The normalized spacial score (nSPS) is 44.8. The van der Waals surface area contributed by atoms with Gasteiger partial charge in [-0.1, -0.05) is 39.3 Å². The SMILES string of the molecule is CCC(=O)OCC(=O)[C@@]1(OC(=O)CC)[C@@H](C)C[C@H]2[C@@H]3CCC4=CC(=O)C=C[C@]4(C)[C@@]34O[C@@H]4C[C@@]21C. The molecule has 0 radical (unpaired) electrons. The van der Waals surface area contributed by atoms with E-state index in [9.17, 15) is 19.2 Å². The second-order valence-electron chi connectivity index (χ2n) is 11.5. The van der Waals surface area contributed by atoms with Gasteiger partial charge in [-0.3, -0.25) is 19.2 Å². The van der Waals surface area contributed by atoms with Crippen LogP contribution in [0.4, 0.5) is 0 Å². The van der Waals surface area contributed by atoms with Gasteiger partial charge in [-0.2, -0.15) is 0 Å². The van der Waals surface area contributed by atoms with Crippen molar-refractivity contribution in [1.82, 2.24) is 0 Å². The van der Waals surface area contributed by atoms with Crippen molar-refractivity contribution in [3.63, 3.8) is 0 Å². The maximum absolute atomic E-state index is 13.9. The minimum absolute atomic E-state index is 0.0254. The van der Waals surface area contributed by atoms with Gasteiger partial charge in [0, 0.05) is 29.6 Å². The summed E-state index contributed by atoms with van der Waals surface area (Å²) in [4.78, 5) is 50.5. The van der Waals surface area contributed by atoms with Crippen LogP contribution in [-0.4, -0.2) is 47.4 Å². The maximum atomic E-state index is 13.9. The standard InChI is InChI=1S/C28H36O7/c1-6-23(31)33-15-21(30)27(35-24(32)7-2)16(3)12-20-19-9-8-17-13-18(29)10-11-25(17,4)28(19)22(34-28)14-26(20,27)5/h10-11,13,16,19-20,22H,6-9,12,14-15H2,1-5H3/t16-,19-,20-,22+,25-,26-,27-,28+/m0/s1. The first-order valence-corrected chi connectivity index (χ1v) is 13.0. The van der Waals surface area contributed by atoms with E-state index in [0.717, 1.165) is 24.8 Å². The highest BCUT2D eigenvalue weighted by Crippen LogP contribution is 2.77. The molecule has 1 aliphatic heterocycles. The first-order valence-electron chi connectivity index (χ1n) is 13.0. The average Bonchev–Trinajstić information content (AvgIpc) is 3.50. The quantitative estimate of drug-likeness (QED) is 0.417. The van der Waals surface area contributed by atoms with Crippen molar-refractivity contribution in [1.29, 1.82) is 0 Å². The molecule has 4 fully saturated rings. The number of Topliss-reactive ketones (excluding diaryl/α,β-unsaturated/α-hetero) is 1. The fourth-order valence-corrected chi connectivity index (χ4v) is 8.44. The molecule has 0 N–H and O–H groups in total. The Morgan fingerprint density at radius 1 is 1.11 bits per heavy atom. The summed E-state index contributed by atoms with van der Waals surface area (Å²) < 4.78 is 18.0. The summed E-state index contributed by atoms with van der Waals surface area (Å²) in [7, 11) is 0. The summed E-state index contributed by atoms with van der Waals surface area (Å²) in [6.45, 7) is 9.24. The van der Waals surface area contributed by atoms with E-state index in [1.54, 1.807) is 26.0 Å². The Hall–Kier alpha value is -2.28. The molecule has 5 rings (SSSR count). The van der Waals surface area contributed by atoms with Gasteiger partial charge in [0.05, 0.1) is 6.10 Å². The molecule has 1 heterocycles. The van der Waals surface area contributed by atoms with Gasteiger partial charge in [-0.05, 0) is 56.6 Å². The Morgan fingerprint density at radius 2 is 1.83 bits per heavy atom. The van der Waals surface area contributed by atoms with Crippen LogP contribution in [0.15, 0.2) is 23.8 Å². The minimum atomic E-state index is -1.37. The predicted octanol–water partition coefficient (Wildman–Crippen LogP) is 3.89. The highest BCUT2D eigenvalue weighted by Gasteiger charge is 2.83. The lowest BCUT2D eigenvalue weighted by molar-refractivity contribution is -0.194. The van der Waals surface area contributed by atoms with E-state index in [2.05, 4.69) is 13.8 Å². The number of epoxide rings is 1. The van der Waals surface area contributed by atoms with Crippen LogP contribution in [0.3, 0.4) is 0 Å². The number of ketones is 2. The van der Waals surface area contributed by atoms with Gasteiger partial charge in [0.25, 0.3) is 0 Å². The first kappa shape index (κ1) is 24.4. The summed E-state index contributed by atoms with van der Waals surface area (Å²) >= 11 is 0. The van der Waals surface area contributed by atoms with Crippen LogP contribution < -0.4 is 0 Å². The van der Waals surface area contributed by atoms with Crippen molar-refractivity contribution in [2.45, 2.75) is 90.4 Å². The lowest BCUT2D eigenvalue weighted by Gasteiger charge is -2.56. The third-order valence-corrected chi connectivity index (χ3v) is 10.1. The Morgan fingerprint density at radius 3 is 2.51 bits per heavy atom. The van der Waals surface area contributed by atoms with E-state index in [1.807, 2.05) is 13.0 Å². The Balaban J connectivity index is 1.55. The molecule has 3 saturated carbocycles. The monoisotopic (exact) mass is 484 g/mol. The van der Waals surface area contributed by atoms with Crippen LogP contribution in [0.1, 0.15) is 73.1 Å². The summed E-state index contributed by atoms with van der Waals surface area (Å²) in [6.07, 6.45) is 8.66. The molecule has 0 aromatic rings. The summed E-state index contributed by atoms with van der Waals surface area (Å²) in [6, 6.07) is 0. The Kier molecular flexibility index (Phi) is 5.48. The lowest BCUT2D eigenvalue weighted by Crippen LogP contribution is -2.63. The number of ether oxygens (including phenoxy) is 3. The predicted molar refractivity (Wildman–Crippen MR) is 126 cm³/mol. The molecule has 1 saturated heterocycles. The van der Waals surface area contributed by atoms with Crippen molar-refractivity contribution in [2.75, 3.05) is 6.61 Å². The smallest absolute Gasteiger partial charge is 0.306 e. The van der Waals surface area contributed by atoms with E-state index in [1.165, 1.54) is 0 Å². The molecule has 1 spiro atoms. The second-order valence-corrected chi connectivity index (χ2v) is 11.5. The van der Waals surface area contributed by atoms with Gasteiger partial charge in [0.2, 0.25) is 5.78 Å². The van der Waals surface area contributed by atoms with Gasteiger partial charge in [-0.15, -0.1) is 0 Å². The number of fused-ring (bicyclic) bond motifs is 3. The molecule has 7 nitrogen and oxygen atoms in total. The zero-order valence-electron chi connectivity index (χ0n) is 21.3. The van der Waals surface area contributed by atoms with E-state index in [-0.39, 0.29) is 53.7 Å². The molecule has 5 aliphatic rings. The zero-order chi connectivity index (χ0) is 25.4. The van der Waals surface area contributed by atoms with Crippen molar-refractivity contribution in [3.05, 3.63) is 23.8 Å². The fraction of sp³-hybridized carbons (Fsp3) is 0.714. The van der Waals surface area contributed by atoms with E-state index < -0.39 is 35.2 Å². The van der Waals surface area contributed by atoms with E-state index in [4.69, 9.17) is 14.2 Å². The van der Waals surface area contributed by atoms with Crippen LogP contribution in [0.2, 0.25) is 0 Å². The van der Waals surface area contributed by atoms with Crippen LogP contribution in [0.25, 0.3) is 0 Å². The fourth-order valence-electron chi connectivity index (χ4n) is 8.44. The number of hydrogen-bond acceptors (Lipinski definition) is 7. The van der Waals surface area contributed by atoms with Crippen molar-refractivity contribution < 1.29 is 33.4 Å². The van der Waals surface area contributed by atoms with Gasteiger partial charge in [0.15, 0.2) is 18.0 Å². The average molecular weight is 485 g/mol. The molecule has 7 heteroatoms. The van der Waals surface area contributed by atoms with Gasteiger partial charge < -0.3 is 14.2 Å². The molecule has 35 heavy (non-hydrogen) atoms. The molecule has 190 valence electrons. The van der Waals surface area contributed by atoms with Crippen LogP contribution >= 0.6 is 0 Å². The third kappa shape index (κ3) is 3.00. The number of carbonyl (C=O) groups excluding carboxylic acids is 4. The minimum Gasteiger partial charge on any atom is -0.457 e. The van der Waals surface area contributed by atoms with Gasteiger partial charge in [-0.25, -0.2) is 0 Å². The van der Waals surface area contributed by atoms with Crippen molar-refractivity contribution in [2.24, 2.45) is 28.6 Å². The Labute approximate surface area is 206 Å². The van der Waals surface area contributed by atoms with Crippen LogP contribution in [0, 0.1) is 28.6 Å². The Bertz CT molecular complexity index is 1060. The number of carbonyl (C=O) groups is 4. The lowest BCUT2D eigenvalue weighted by atomic mass is 9.46. The van der Waals surface area contributed by atoms with Crippen molar-refractivity contribution >= 4 is 23.5 Å². The summed E-state index contributed by atoms with van der Waals surface area (Å²) in [5.74, 6) is -1.14. The van der Waals surface area contributed by atoms with Crippen LogP contribution in [-0.2, 0) is 33.4 Å². The van der Waals surface area contributed by atoms with Crippen molar-refractivity contribution in [3.8, 4) is 0 Å². The zero-order valence-corrected chi connectivity index (χ0v) is 21.3. The molecule has 0 aromatic heterocycles. The number of allylic oxidation sites excluding steroid dienone is 2. The molecule has 4 aliphatic carbocycles. The second kappa shape index (κ2) is 7.86. The highest BCUT2D eigenvalue weighted by atomic mass is 16.6. The molecule has 8 atom stereocenters. The molecular formula is C28H36O7. The highest BCUT2D eigenvalue weighted by molar-refractivity contribution is 6.01. The summed E-state index contributed by atoms with van der Waals surface area (Å²) in [5.41, 5.74) is -1.64. The molecule has 0 amide bonds. The molecule has 0 aromatic carbocycles.